The highest BCUT2D eigenvalue weighted by Crippen LogP contribution is 2.11. The molecule has 0 radical (unpaired) electrons. The second kappa shape index (κ2) is 10.8. The third-order valence-corrected chi connectivity index (χ3v) is 4.82. The van der Waals surface area contributed by atoms with E-state index in [1.165, 1.54) is 0 Å². The van der Waals surface area contributed by atoms with Gasteiger partial charge in [0.25, 0.3) is 5.91 Å². The summed E-state index contributed by atoms with van der Waals surface area (Å²) in [5.41, 5.74) is 2.60. The fourth-order valence-electron chi connectivity index (χ4n) is 3.18. The van der Waals surface area contributed by atoms with E-state index in [-0.39, 0.29) is 17.6 Å². The molecule has 0 aliphatic carbocycles. The van der Waals surface area contributed by atoms with Gasteiger partial charge in [0.05, 0.1) is 0 Å². The first-order chi connectivity index (χ1) is 14.6. The summed E-state index contributed by atoms with van der Waals surface area (Å²) < 4.78 is 0. The molecule has 1 unspecified atom stereocenters. The van der Waals surface area contributed by atoms with E-state index in [1.54, 1.807) is 36.4 Å². The third-order valence-electron chi connectivity index (χ3n) is 4.82. The number of phenolic OH excluding ortho intramolecular Hbond substituents is 1. The number of carbonyl (C=O) groups excluding carboxylic acids is 2. The van der Waals surface area contributed by atoms with Crippen molar-refractivity contribution in [2.75, 3.05) is 6.54 Å². The number of phenols is 1. The van der Waals surface area contributed by atoms with E-state index in [0.717, 1.165) is 24.0 Å². The zero-order valence-corrected chi connectivity index (χ0v) is 16.8. The Hall–Kier alpha value is -3.60. The van der Waals surface area contributed by atoms with Crippen LogP contribution in [0.25, 0.3) is 0 Å². The van der Waals surface area contributed by atoms with E-state index in [1.807, 2.05) is 48.5 Å². The van der Waals surface area contributed by atoms with Gasteiger partial charge < -0.3 is 15.7 Å². The largest absolute Gasteiger partial charge is 0.508 e. The minimum atomic E-state index is -0.659. The summed E-state index contributed by atoms with van der Waals surface area (Å²) in [7, 11) is 0. The summed E-state index contributed by atoms with van der Waals surface area (Å²) in [5.74, 6) is -0.227. The molecule has 0 saturated carbocycles. The van der Waals surface area contributed by atoms with Crippen LogP contribution in [0.4, 0.5) is 0 Å². The number of nitrogens with one attached hydrogen (secondary N) is 2. The van der Waals surface area contributed by atoms with Crippen LogP contribution in [0.3, 0.4) is 0 Å². The standard InChI is InChI=1S/C25H26N2O3/c28-22-15-13-19(14-16-22)10-7-17-26-25(30)23(18-20-8-3-1-4-9-20)27-24(29)21-11-5-2-6-12-21/h1-6,8-9,11-16,23,28H,7,10,17-18H2,(H,26,30)(H,27,29). The third kappa shape index (κ3) is 6.48. The first-order valence-corrected chi connectivity index (χ1v) is 10.1. The fraction of sp³-hybridized carbons (Fsp3) is 0.200. The van der Waals surface area contributed by atoms with E-state index in [9.17, 15) is 14.7 Å². The Labute approximate surface area is 176 Å². The number of aromatic hydroxyl groups is 1. The average Bonchev–Trinajstić information content (AvgIpc) is 2.78. The maximum absolute atomic E-state index is 12.8. The molecule has 5 heteroatoms. The Morgan fingerprint density at radius 3 is 2.10 bits per heavy atom. The second-order valence-electron chi connectivity index (χ2n) is 7.14. The Bertz CT molecular complexity index is 941. The quantitative estimate of drug-likeness (QED) is 0.480. The molecular formula is C25H26N2O3. The number of rotatable bonds is 9. The molecule has 3 rings (SSSR count). The van der Waals surface area contributed by atoms with Crippen molar-refractivity contribution in [2.45, 2.75) is 25.3 Å². The lowest BCUT2D eigenvalue weighted by molar-refractivity contribution is -0.122. The minimum absolute atomic E-state index is 0.200. The van der Waals surface area contributed by atoms with Crippen LogP contribution in [-0.4, -0.2) is 29.5 Å². The summed E-state index contributed by atoms with van der Waals surface area (Å²) in [5, 5.41) is 15.2. The van der Waals surface area contributed by atoms with Crippen LogP contribution in [0, 0.1) is 0 Å². The number of benzene rings is 3. The lowest BCUT2D eigenvalue weighted by Gasteiger charge is -2.19. The predicted octanol–water partition coefficient (Wildman–Crippen LogP) is 3.48. The van der Waals surface area contributed by atoms with Crippen LogP contribution in [-0.2, 0) is 17.6 Å². The lowest BCUT2D eigenvalue weighted by Crippen LogP contribution is -2.48. The molecule has 30 heavy (non-hydrogen) atoms. The maximum Gasteiger partial charge on any atom is 0.251 e. The molecule has 0 saturated heterocycles. The minimum Gasteiger partial charge on any atom is -0.508 e. The van der Waals surface area contributed by atoms with Crippen molar-refractivity contribution in [2.24, 2.45) is 0 Å². The number of hydrogen-bond donors (Lipinski definition) is 3. The summed E-state index contributed by atoms with van der Waals surface area (Å²) in [4.78, 5) is 25.4. The maximum atomic E-state index is 12.8. The molecule has 3 aromatic carbocycles. The molecule has 3 aromatic rings. The van der Waals surface area contributed by atoms with E-state index in [0.29, 0.717) is 18.5 Å². The zero-order valence-electron chi connectivity index (χ0n) is 16.8. The van der Waals surface area contributed by atoms with Crippen molar-refractivity contribution in [3.8, 4) is 5.75 Å². The van der Waals surface area contributed by atoms with Crippen molar-refractivity contribution in [1.82, 2.24) is 10.6 Å². The lowest BCUT2D eigenvalue weighted by atomic mass is 10.0. The van der Waals surface area contributed by atoms with Gasteiger partial charge in [0, 0.05) is 18.5 Å². The van der Waals surface area contributed by atoms with Gasteiger partial charge in [0.15, 0.2) is 0 Å². The molecule has 3 N–H and O–H groups in total. The second-order valence-corrected chi connectivity index (χ2v) is 7.14. The Balaban J connectivity index is 1.57. The highest BCUT2D eigenvalue weighted by Gasteiger charge is 2.21. The van der Waals surface area contributed by atoms with E-state index in [4.69, 9.17) is 0 Å². The molecule has 0 aliphatic heterocycles. The van der Waals surface area contributed by atoms with Crippen LogP contribution in [0.1, 0.15) is 27.9 Å². The van der Waals surface area contributed by atoms with Crippen molar-refractivity contribution < 1.29 is 14.7 Å². The monoisotopic (exact) mass is 402 g/mol. The van der Waals surface area contributed by atoms with Gasteiger partial charge in [-0.05, 0) is 48.2 Å². The molecule has 2 amide bonds. The molecule has 0 fully saturated rings. The van der Waals surface area contributed by atoms with E-state index in [2.05, 4.69) is 10.6 Å². The van der Waals surface area contributed by atoms with Crippen LogP contribution in [0.15, 0.2) is 84.9 Å². The van der Waals surface area contributed by atoms with Gasteiger partial charge in [-0.15, -0.1) is 0 Å². The summed E-state index contributed by atoms with van der Waals surface area (Å²) in [6.07, 6.45) is 1.98. The van der Waals surface area contributed by atoms with Crippen LogP contribution in [0.5, 0.6) is 5.75 Å². The Morgan fingerprint density at radius 1 is 0.800 bits per heavy atom. The van der Waals surface area contributed by atoms with E-state index >= 15 is 0 Å². The molecule has 0 aliphatic rings. The predicted molar refractivity (Wildman–Crippen MR) is 117 cm³/mol. The van der Waals surface area contributed by atoms with Gasteiger partial charge in [-0.25, -0.2) is 0 Å². The molecular weight excluding hydrogens is 376 g/mol. The molecule has 0 spiro atoms. The van der Waals surface area contributed by atoms with Crippen LogP contribution < -0.4 is 10.6 Å². The Kier molecular flexibility index (Phi) is 7.61. The number of amides is 2. The van der Waals surface area contributed by atoms with Gasteiger partial charge in [-0.1, -0.05) is 60.7 Å². The van der Waals surface area contributed by atoms with Crippen molar-refractivity contribution in [3.05, 3.63) is 102 Å². The van der Waals surface area contributed by atoms with Gasteiger partial charge in [0.1, 0.15) is 11.8 Å². The zero-order chi connectivity index (χ0) is 21.2. The fourth-order valence-corrected chi connectivity index (χ4v) is 3.18. The number of hydrogen-bond acceptors (Lipinski definition) is 3. The SMILES string of the molecule is O=C(NC(Cc1ccccc1)C(=O)NCCCc1ccc(O)cc1)c1ccccc1. The summed E-state index contributed by atoms with van der Waals surface area (Å²) >= 11 is 0. The van der Waals surface area contributed by atoms with E-state index < -0.39 is 6.04 Å². The molecule has 154 valence electrons. The summed E-state index contributed by atoms with van der Waals surface area (Å²) in [6.45, 7) is 0.506. The first-order valence-electron chi connectivity index (χ1n) is 10.1. The van der Waals surface area contributed by atoms with Crippen LogP contribution in [0.2, 0.25) is 0 Å². The average molecular weight is 402 g/mol. The molecule has 5 nitrogen and oxygen atoms in total. The van der Waals surface area contributed by atoms with Crippen molar-refractivity contribution >= 4 is 11.8 Å². The van der Waals surface area contributed by atoms with Gasteiger partial charge in [0.2, 0.25) is 5.91 Å². The summed E-state index contributed by atoms with van der Waals surface area (Å²) in [6, 6.07) is 24.9. The van der Waals surface area contributed by atoms with Gasteiger partial charge in [-0.2, -0.15) is 0 Å². The first kappa shape index (κ1) is 21.1. The topological polar surface area (TPSA) is 78.4 Å². The Morgan fingerprint density at radius 2 is 1.43 bits per heavy atom. The van der Waals surface area contributed by atoms with Gasteiger partial charge in [-0.3, -0.25) is 9.59 Å². The highest BCUT2D eigenvalue weighted by atomic mass is 16.3. The molecule has 1 atom stereocenters. The van der Waals surface area contributed by atoms with Gasteiger partial charge >= 0.3 is 0 Å². The normalized spacial score (nSPS) is 11.5. The smallest absolute Gasteiger partial charge is 0.251 e. The number of aryl methyl sites for hydroxylation is 1. The van der Waals surface area contributed by atoms with Crippen molar-refractivity contribution in [1.29, 1.82) is 0 Å². The molecule has 0 heterocycles. The number of carbonyl (C=O) groups is 2. The molecule has 0 bridgehead atoms. The highest BCUT2D eigenvalue weighted by molar-refractivity contribution is 5.97. The van der Waals surface area contributed by atoms with Crippen molar-refractivity contribution in [3.63, 3.8) is 0 Å². The van der Waals surface area contributed by atoms with Crippen LogP contribution >= 0.6 is 0 Å². The molecule has 0 aromatic heterocycles.